The second-order valence-electron chi connectivity index (χ2n) is 5.05. The van der Waals surface area contributed by atoms with Gasteiger partial charge in [0.1, 0.15) is 5.82 Å². The second-order valence-corrected chi connectivity index (χ2v) is 7.78. The van der Waals surface area contributed by atoms with Crippen molar-refractivity contribution in [2.75, 3.05) is 6.54 Å². The summed E-state index contributed by atoms with van der Waals surface area (Å²) in [5.74, 6) is 0.777. The zero-order chi connectivity index (χ0) is 14.7. The van der Waals surface area contributed by atoms with Gasteiger partial charge in [0.25, 0.3) is 0 Å². The molecule has 6 nitrogen and oxygen atoms in total. The number of aromatic amines is 1. The van der Waals surface area contributed by atoms with Gasteiger partial charge in [0.05, 0.1) is 4.90 Å². The van der Waals surface area contributed by atoms with Crippen molar-refractivity contribution in [2.45, 2.75) is 36.7 Å². The van der Waals surface area contributed by atoms with E-state index in [1.807, 2.05) is 5.38 Å². The zero-order valence-corrected chi connectivity index (χ0v) is 13.1. The van der Waals surface area contributed by atoms with Crippen molar-refractivity contribution in [2.24, 2.45) is 0 Å². The van der Waals surface area contributed by atoms with E-state index in [4.69, 9.17) is 0 Å². The van der Waals surface area contributed by atoms with Gasteiger partial charge in [0.2, 0.25) is 10.0 Å². The van der Waals surface area contributed by atoms with Crippen LogP contribution in [-0.2, 0) is 23.0 Å². The molecule has 0 atom stereocenters. The third kappa shape index (κ3) is 3.91. The minimum atomic E-state index is -3.45. The largest absolute Gasteiger partial charge is 0.349 e. The van der Waals surface area contributed by atoms with Crippen LogP contribution in [0.3, 0.4) is 0 Å². The number of nitrogens with zero attached hydrogens (tertiary/aromatic N) is 1. The summed E-state index contributed by atoms with van der Waals surface area (Å²) in [5, 5.41) is 5.18. The van der Waals surface area contributed by atoms with Gasteiger partial charge in [-0.2, -0.15) is 0 Å². The van der Waals surface area contributed by atoms with Gasteiger partial charge in [0, 0.05) is 42.8 Å². The SMILES string of the molecule is O=S(=O)(NCCc1ncc[nH]1)c1ccsc1CNC1CC1. The first-order chi connectivity index (χ1) is 10.1. The first kappa shape index (κ1) is 14.7. The van der Waals surface area contributed by atoms with Crippen LogP contribution in [0.5, 0.6) is 0 Å². The summed E-state index contributed by atoms with van der Waals surface area (Å²) in [6.07, 6.45) is 6.31. The van der Waals surface area contributed by atoms with Gasteiger partial charge in [-0.25, -0.2) is 18.1 Å². The summed E-state index contributed by atoms with van der Waals surface area (Å²) < 4.78 is 27.3. The number of H-pyrrole nitrogens is 1. The lowest BCUT2D eigenvalue weighted by Crippen LogP contribution is -2.27. The number of imidazole rings is 1. The summed E-state index contributed by atoms with van der Waals surface area (Å²) in [6, 6.07) is 2.23. The standard InChI is InChI=1S/C13H18N4O2S2/c18-21(19,17-5-3-13-14-6-7-15-13)12-4-8-20-11(12)9-16-10-1-2-10/h4,6-8,10,16-17H,1-3,5,9H2,(H,14,15). The number of hydrogen-bond donors (Lipinski definition) is 3. The van der Waals surface area contributed by atoms with Crippen molar-refractivity contribution >= 4 is 21.4 Å². The van der Waals surface area contributed by atoms with Crippen LogP contribution in [0.15, 0.2) is 28.7 Å². The molecule has 0 unspecified atom stereocenters. The van der Waals surface area contributed by atoms with Gasteiger partial charge in [-0.1, -0.05) is 0 Å². The predicted molar refractivity (Wildman–Crippen MR) is 81.7 cm³/mol. The van der Waals surface area contributed by atoms with E-state index < -0.39 is 10.0 Å². The third-order valence-corrected chi connectivity index (χ3v) is 5.93. The van der Waals surface area contributed by atoms with E-state index in [1.54, 1.807) is 18.5 Å². The molecule has 8 heteroatoms. The molecule has 0 aromatic carbocycles. The number of nitrogens with one attached hydrogen (secondary N) is 3. The Morgan fingerprint density at radius 1 is 1.43 bits per heavy atom. The lowest BCUT2D eigenvalue weighted by atomic mass is 10.4. The molecule has 114 valence electrons. The van der Waals surface area contributed by atoms with E-state index in [-0.39, 0.29) is 0 Å². The maximum absolute atomic E-state index is 12.3. The normalized spacial score (nSPS) is 15.4. The molecule has 21 heavy (non-hydrogen) atoms. The smallest absolute Gasteiger partial charge is 0.241 e. The first-order valence-electron chi connectivity index (χ1n) is 6.93. The Morgan fingerprint density at radius 3 is 3.00 bits per heavy atom. The fraction of sp³-hybridized carbons (Fsp3) is 0.462. The van der Waals surface area contributed by atoms with Gasteiger partial charge in [-0.3, -0.25) is 0 Å². The zero-order valence-electron chi connectivity index (χ0n) is 11.5. The van der Waals surface area contributed by atoms with E-state index in [2.05, 4.69) is 20.0 Å². The molecule has 2 aromatic rings. The van der Waals surface area contributed by atoms with Crippen LogP contribution in [0, 0.1) is 0 Å². The highest BCUT2D eigenvalue weighted by molar-refractivity contribution is 7.89. The minimum Gasteiger partial charge on any atom is -0.349 e. The van der Waals surface area contributed by atoms with Crippen LogP contribution in [-0.4, -0.2) is 31.0 Å². The van der Waals surface area contributed by atoms with Crippen LogP contribution in [0.4, 0.5) is 0 Å². The van der Waals surface area contributed by atoms with Crippen LogP contribution in [0.1, 0.15) is 23.5 Å². The van der Waals surface area contributed by atoms with E-state index >= 15 is 0 Å². The minimum absolute atomic E-state index is 0.335. The Hall–Kier alpha value is -1.22. The quantitative estimate of drug-likeness (QED) is 0.681. The lowest BCUT2D eigenvalue weighted by Gasteiger charge is -2.08. The van der Waals surface area contributed by atoms with Crippen molar-refractivity contribution < 1.29 is 8.42 Å². The third-order valence-electron chi connectivity index (χ3n) is 3.33. The molecule has 3 N–H and O–H groups in total. The van der Waals surface area contributed by atoms with Crippen molar-refractivity contribution in [3.8, 4) is 0 Å². The molecule has 1 saturated carbocycles. The molecular formula is C13H18N4O2S2. The molecule has 2 heterocycles. The number of sulfonamides is 1. The summed E-state index contributed by atoms with van der Waals surface area (Å²) >= 11 is 1.48. The maximum atomic E-state index is 12.3. The topological polar surface area (TPSA) is 86.9 Å². The van der Waals surface area contributed by atoms with E-state index in [0.29, 0.717) is 30.4 Å². The average molecular weight is 326 g/mol. The number of hydrogen-bond acceptors (Lipinski definition) is 5. The van der Waals surface area contributed by atoms with Crippen molar-refractivity contribution in [1.29, 1.82) is 0 Å². The maximum Gasteiger partial charge on any atom is 0.241 e. The van der Waals surface area contributed by atoms with E-state index in [1.165, 1.54) is 24.2 Å². The summed E-state index contributed by atoms with van der Waals surface area (Å²) in [4.78, 5) is 8.29. The summed E-state index contributed by atoms with van der Waals surface area (Å²) in [5.41, 5.74) is 0. The van der Waals surface area contributed by atoms with Crippen LogP contribution < -0.4 is 10.0 Å². The Labute approximate surface area is 128 Å². The molecule has 0 aliphatic heterocycles. The highest BCUT2D eigenvalue weighted by atomic mass is 32.2. The fourth-order valence-electron chi connectivity index (χ4n) is 2.04. The average Bonchev–Trinajstić information content (AvgIpc) is 2.93. The monoisotopic (exact) mass is 326 g/mol. The van der Waals surface area contributed by atoms with Crippen molar-refractivity contribution in [3.63, 3.8) is 0 Å². The van der Waals surface area contributed by atoms with Crippen molar-refractivity contribution in [1.82, 2.24) is 20.0 Å². The van der Waals surface area contributed by atoms with Gasteiger partial charge >= 0.3 is 0 Å². The van der Waals surface area contributed by atoms with Gasteiger partial charge < -0.3 is 10.3 Å². The highest BCUT2D eigenvalue weighted by Crippen LogP contribution is 2.24. The summed E-state index contributed by atoms with van der Waals surface area (Å²) in [7, 11) is -3.45. The molecule has 0 amide bonds. The molecular weight excluding hydrogens is 308 g/mol. The molecule has 0 saturated heterocycles. The van der Waals surface area contributed by atoms with Crippen LogP contribution in [0.2, 0.25) is 0 Å². The number of thiophene rings is 1. The lowest BCUT2D eigenvalue weighted by molar-refractivity contribution is 0.579. The van der Waals surface area contributed by atoms with E-state index in [0.717, 1.165) is 10.7 Å². The second kappa shape index (κ2) is 6.27. The Kier molecular flexibility index (Phi) is 4.39. The molecule has 0 spiro atoms. The number of rotatable bonds is 8. The van der Waals surface area contributed by atoms with Gasteiger partial charge in [-0.05, 0) is 24.3 Å². The molecule has 1 fully saturated rings. The number of aromatic nitrogens is 2. The Morgan fingerprint density at radius 2 is 2.29 bits per heavy atom. The van der Waals surface area contributed by atoms with Crippen LogP contribution in [0.25, 0.3) is 0 Å². The fourth-order valence-corrected chi connectivity index (χ4v) is 4.46. The molecule has 0 bridgehead atoms. The first-order valence-corrected chi connectivity index (χ1v) is 9.29. The predicted octanol–water partition coefficient (Wildman–Crippen LogP) is 1.24. The molecule has 0 radical (unpaired) electrons. The molecule has 2 aromatic heterocycles. The van der Waals surface area contributed by atoms with Crippen molar-refractivity contribution in [3.05, 3.63) is 34.5 Å². The van der Waals surface area contributed by atoms with Gasteiger partial charge in [-0.15, -0.1) is 11.3 Å². The Balaban J connectivity index is 1.59. The highest BCUT2D eigenvalue weighted by Gasteiger charge is 2.23. The van der Waals surface area contributed by atoms with E-state index in [9.17, 15) is 8.42 Å². The molecule has 3 rings (SSSR count). The van der Waals surface area contributed by atoms with Crippen LogP contribution >= 0.6 is 11.3 Å². The molecule has 1 aliphatic carbocycles. The molecule has 1 aliphatic rings. The van der Waals surface area contributed by atoms with Gasteiger partial charge in [0.15, 0.2) is 0 Å². The summed E-state index contributed by atoms with van der Waals surface area (Å²) in [6.45, 7) is 0.956. The Bertz CT molecular complexity index is 675.